The molecule has 0 aliphatic carbocycles. The van der Waals surface area contributed by atoms with Crippen molar-refractivity contribution in [3.8, 4) is 0 Å². The molecule has 0 saturated heterocycles. The lowest BCUT2D eigenvalue weighted by molar-refractivity contribution is -0.143. The zero-order chi connectivity index (χ0) is 14.4. The lowest BCUT2D eigenvalue weighted by Crippen LogP contribution is -2.36. The molecule has 106 valence electrons. The van der Waals surface area contributed by atoms with Gasteiger partial charge in [0.25, 0.3) is 0 Å². The Kier molecular flexibility index (Phi) is 6.57. The van der Waals surface area contributed by atoms with E-state index in [1.807, 2.05) is 27.7 Å². The second-order valence-corrected chi connectivity index (χ2v) is 5.68. The summed E-state index contributed by atoms with van der Waals surface area (Å²) in [6.07, 6.45) is 0.631. The molecule has 0 unspecified atom stereocenters. The van der Waals surface area contributed by atoms with E-state index in [0.29, 0.717) is 25.2 Å². The van der Waals surface area contributed by atoms with Crippen LogP contribution in [0.25, 0.3) is 0 Å². The highest BCUT2D eigenvalue weighted by Gasteiger charge is 2.24. The van der Waals surface area contributed by atoms with Crippen molar-refractivity contribution in [3.63, 3.8) is 0 Å². The molecule has 0 atom stereocenters. The van der Waals surface area contributed by atoms with Crippen molar-refractivity contribution >= 4 is 5.97 Å². The van der Waals surface area contributed by atoms with Crippen LogP contribution in [0.2, 0.25) is 0 Å². The Morgan fingerprint density at radius 2 is 1.72 bits per heavy atom. The topological polar surface area (TPSA) is 44.8 Å². The zero-order valence-corrected chi connectivity index (χ0v) is 12.5. The van der Waals surface area contributed by atoms with Gasteiger partial charge in [-0.25, -0.2) is 4.79 Å². The molecule has 0 heterocycles. The Labute approximate surface area is 110 Å². The maximum absolute atomic E-state index is 11.2. The van der Waals surface area contributed by atoms with E-state index in [1.54, 1.807) is 14.0 Å². The largest absolute Gasteiger partial charge is 0.462 e. The fourth-order valence-electron chi connectivity index (χ4n) is 1.01. The van der Waals surface area contributed by atoms with Gasteiger partial charge >= 0.3 is 5.97 Å². The quantitative estimate of drug-likeness (QED) is 0.496. The maximum Gasteiger partial charge on any atom is 0.333 e. The minimum atomic E-state index is -0.358. The van der Waals surface area contributed by atoms with Crippen LogP contribution in [0.5, 0.6) is 0 Å². The molecular formula is C14H26O4. The summed E-state index contributed by atoms with van der Waals surface area (Å²) in [5, 5.41) is 0. The molecule has 0 N–H and O–H groups in total. The minimum Gasteiger partial charge on any atom is -0.462 e. The summed E-state index contributed by atoms with van der Waals surface area (Å²) < 4.78 is 16.1. The lowest BCUT2D eigenvalue weighted by atomic mass is 10.0. The van der Waals surface area contributed by atoms with Gasteiger partial charge in [0.1, 0.15) is 0 Å². The molecule has 0 aliphatic heterocycles. The van der Waals surface area contributed by atoms with Crippen molar-refractivity contribution in [1.29, 1.82) is 0 Å². The van der Waals surface area contributed by atoms with Gasteiger partial charge in [0.2, 0.25) is 0 Å². The number of carbonyl (C=O) groups is 1. The molecule has 18 heavy (non-hydrogen) atoms. The minimum absolute atomic E-state index is 0.314. The number of carbonyl (C=O) groups excluding carboxylic acids is 1. The highest BCUT2D eigenvalue weighted by atomic mass is 16.6. The zero-order valence-electron chi connectivity index (χ0n) is 12.5. The summed E-state index contributed by atoms with van der Waals surface area (Å²) in [4.78, 5) is 11.2. The summed E-state index contributed by atoms with van der Waals surface area (Å²) in [6, 6.07) is 0. The van der Waals surface area contributed by atoms with Crippen molar-refractivity contribution < 1.29 is 19.0 Å². The van der Waals surface area contributed by atoms with Crippen molar-refractivity contribution in [2.45, 2.75) is 52.2 Å². The van der Waals surface area contributed by atoms with Crippen LogP contribution in [-0.2, 0) is 19.0 Å². The van der Waals surface area contributed by atoms with E-state index >= 15 is 0 Å². The first-order chi connectivity index (χ1) is 8.09. The average molecular weight is 258 g/mol. The van der Waals surface area contributed by atoms with Crippen molar-refractivity contribution in [3.05, 3.63) is 12.2 Å². The summed E-state index contributed by atoms with van der Waals surface area (Å²) in [5.41, 5.74) is -0.259. The molecule has 0 fully saturated rings. The molecule has 0 aromatic rings. The van der Waals surface area contributed by atoms with Crippen molar-refractivity contribution in [2.75, 3.05) is 20.3 Å². The van der Waals surface area contributed by atoms with Gasteiger partial charge in [0, 0.05) is 19.1 Å². The molecule has 0 radical (unpaired) electrons. The molecule has 0 aromatic heterocycles. The molecule has 0 bridgehead atoms. The standard InChI is InChI=1S/C14H26O4/c1-11(2)12(15)17-9-8-13(3,4)18-10-14(5,6)16-7/h1,8-10H2,2-7H3. The van der Waals surface area contributed by atoms with Gasteiger partial charge in [-0.2, -0.15) is 0 Å². The summed E-state index contributed by atoms with van der Waals surface area (Å²) in [5.74, 6) is -0.358. The van der Waals surface area contributed by atoms with E-state index in [0.717, 1.165) is 0 Å². The van der Waals surface area contributed by atoms with E-state index in [1.165, 1.54) is 0 Å². The normalized spacial score (nSPS) is 12.3. The van der Waals surface area contributed by atoms with Crippen LogP contribution in [0.4, 0.5) is 0 Å². The lowest BCUT2D eigenvalue weighted by Gasteiger charge is -2.31. The van der Waals surface area contributed by atoms with Crippen molar-refractivity contribution in [2.24, 2.45) is 0 Å². The molecule has 4 heteroatoms. The summed E-state index contributed by atoms with van der Waals surface area (Å²) in [7, 11) is 1.66. The monoisotopic (exact) mass is 258 g/mol. The van der Waals surface area contributed by atoms with E-state index in [-0.39, 0.29) is 17.2 Å². The van der Waals surface area contributed by atoms with Crippen LogP contribution in [0, 0.1) is 0 Å². The van der Waals surface area contributed by atoms with Crippen LogP contribution < -0.4 is 0 Å². The van der Waals surface area contributed by atoms with Crippen LogP contribution in [0.3, 0.4) is 0 Å². The first kappa shape index (κ1) is 17.1. The summed E-state index contributed by atoms with van der Waals surface area (Å²) in [6.45, 7) is 13.8. The number of hydrogen-bond acceptors (Lipinski definition) is 4. The fourth-order valence-corrected chi connectivity index (χ4v) is 1.01. The number of hydrogen-bond donors (Lipinski definition) is 0. The third-order valence-electron chi connectivity index (χ3n) is 2.65. The summed E-state index contributed by atoms with van der Waals surface area (Å²) >= 11 is 0. The second-order valence-electron chi connectivity index (χ2n) is 5.68. The Bertz CT molecular complexity index is 292. The number of rotatable bonds is 8. The SMILES string of the molecule is C=C(C)C(=O)OCCC(C)(C)OCC(C)(C)OC. The third-order valence-corrected chi connectivity index (χ3v) is 2.65. The molecule has 4 nitrogen and oxygen atoms in total. The number of methoxy groups -OCH3 is 1. The highest BCUT2D eigenvalue weighted by Crippen LogP contribution is 2.18. The Balaban J connectivity index is 4.01. The average Bonchev–Trinajstić information content (AvgIpc) is 2.26. The van der Waals surface area contributed by atoms with E-state index in [4.69, 9.17) is 14.2 Å². The molecule has 0 rings (SSSR count). The van der Waals surface area contributed by atoms with Gasteiger partial charge < -0.3 is 14.2 Å². The van der Waals surface area contributed by atoms with Crippen LogP contribution in [-0.4, -0.2) is 37.5 Å². The Morgan fingerprint density at radius 3 is 2.17 bits per heavy atom. The number of esters is 1. The molecule has 0 amide bonds. The van der Waals surface area contributed by atoms with Crippen LogP contribution >= 0.6 is 0 Å². The molecule has 0 spiro atoms. The Hall–Kier alpha value is -0.870. The molecule has 0 aliphatic rings. The van der Waals surface area contributed by atoms with Gasteiger partial charge in [-0.3, -0.25) is 0 Å². The second kappa shape index (κ2) is 6.90. The van der Waals surface area contributed by atoms with E-state index < -0.39 is 0 Å². The highest BCUT2D eigenvalue weighted by molar-refractivity contribution is 5.86. The van der Waals surface area contributed by atoms with Gasteiger partial charge in [0.15, 0.2) is 0 Å². The van der Waals surface area contributed by atoms with Crippen LogP contribution in [0.1, 0.15) is 41.0 Å². The van der Waals surface area contributed by atoms with Crippen LogP contribution in [0.15, 0.2) is 12.2 Å². The van der Waals surface area contributed by atoms with Gasteiger partial charge in [0.05, 0.1) is 24.4 Å². The molecular weight excluding hydrogens is 232 g/mol. The van der Waals surface area contributed by atoms with Gasteiger partial charge in [-0.1, -0.05) is 6.58 Å². The first-order valence-corrected chi connectivity index (χ1v) is 6.11. The smallest absolute Gasteiger partial charge is 0.333 e. The first-order valence-electron chi connectivity index (χ1n) is 6.11. The fraction of sp³-hybridized carbons (Fsp3) is 0.786. The van der Waals surface area contributed by atoms with Gasteiger partial charge in [-0.05, 0) is 34.6 Å². The predicted octanol–water partition coefficient (Wildman–Crippen LogP) is 2.72. The third kappa shape index (κ3) is 7.45. The number of ether oxygens (including phenoxy) is 3. The Morgan fingerprint density at radius 1 is 1.17 bits per heavy atom. The van der Waals surface area contributed by atoms with E-state index in [2.05, 4.69) is 6.58 Å². The predicted molar refractivity (Wildman–Crippen MR) is 71.5 cm³/mol. The maximum atomic E-state index is 11.2. The molecule has 0 saturated carbocycles. The van der Waals surface area contributed by atoms with E-state index in [9.17, 15) is 4.79 Å². The van der Waals surface area contributed by atoms with Crippen molar-refractivity contribution in [1.82, 2.24) is 0 Å². The molecule has 0 aromatic carbocycles. The van der Waals surface area contributed by atoms with Gasteiger partial charge in [-0.15, -0.1) is 0 Å².